The number of nitrogens with one attached hydrogen (secondary N) is 1. The van der Waals surface area contributed by atoms with Gasteiger partial charge in [-0.25, -0.2) is 4.39 Å². The highest BCUT2D eigenvalue weighted by Crippen LogP contribution is 2.34. The maximum atomic E-state index is 13.4. The average Bonchev–Trinajstić information content (AvgIpc) is 3.28. The maximum absolute atomic E-state index is 13.4. The zero-order valence-electron chi connectivity index (χ0n) is 13.2. The van der Waals surface area contributed by atoms with Gasteiger partial charge in [0.15, 0.2) is 0 Å². The second-order valence-electron chi connectivity index (χ2n) is 6.66. The summed E-state index contributed by atoms with van der Waals surface area (Å²) in [5.41, 5.74) is 0.125. The average molecular weight is 355 g/mol. The maximum Gasteiger partial charge on any atom is 0.317 e. The Balaban J connectivity index is 1.52. The van der Waals surface area contributed by atoms with E-state index in [9.17, 15) is 14.0 Å². The highest BCUT2D eigenvalue weighted by atomic mass is 35.5. The van der Waals surface area contributed by atoms with Gasteiger partial charge in [0, 0.05) is 18.6 Å². The Bertz CT molecular complexity index is 645. The van der Waals surface area contributed by atoms with Crippen molar-refractivity contribution < 1.29 is 19.1 Å². The van der Waals surface area contributed by atoms with E-state index < -0.39 is 17.7 Å². The summed E-state index contributed by atoms with van der Waals surface area (Å²) in [7, 11) is 0. The summed E-state index contributed by atoms with van der Waals surface area (Å²) in [6.45, 7) is 0.852. The molecule has 130 valence electrons. The molecule has 1 aromatic rings. The van der Waals surface area contributed by atoms with E-state index >= 15 is 0 Å². The Morgan fingerprint density at radius 2 is 2.04 bits per heavy atom. The van der Waals surface area contributed by atoms with E-state index in [1.807, 2.05) is 4.90 Å². The minimum atomic E-state index is -0.824. The number of aliphatic carboxylic acids is 1. The lowest BCUT2D eigenvalue weighted by Crippen LogP contribution is -2.55. The second kappa shape index (κ2) is 7.07. The minimum Gasteiger partial charge on any atom is -0.480 e. The molecular weight excluding hydrogens is 335 g/mol. The number of carbonyl (C=O) groups is 2. The van der Waals surface area contributed by atoms with Crippen LogP contribution in [0.25, 0.3) is 0 Å². The molecule has 0 bridgehead atoms. The number of carbonyl (C=O) groups excluding carboxylic acids is 1. The fraction of sp³-hybridized carbons (Fsp3) is 0.529. The van der Waals surface area contributed by atoms with Crippen molar-refractivity contribution in [3.05, 3.63) is 34.6 Å². The summed E-state index contributed by atoms with van der Waals surface area (Å²) < 4.78 is 13.4. The molecule has 3 rings (SSSR count). The molecule has 2 fully saturated rings. The lowest BCUT2D eigenvalue weighted by molar-refractivity contribution is -0.139. The summed E-state index contributed by atoms with van der Waals surface area (Å²) in [5, 5.41) is 11.7. The third-order valence-corrected chi connectivity index (χ3v) is 5.07. The molecule has 24 heavy (non-hydrogen) atoms. The van der Waals surface area contributed by atoms with Crippen molar-refractivity contribution in [3.8, 4) is 0 Å². The van der Waals surface area contributed by atoms with Gasteiger partial charge >= 0.3 is 5.97 Å². The molecule has 2 saturated carbocycles. The van der Waals surface area contributed by atoms with E-state index in [0.29, 0.717) is 18.8 Å². The van der Waals surface area contributed by atoms with Gasteiger partial charge in [0.1, 0.15) is 5.82 Å². The Morgan fingerprint density at radius 1 is 1.33 bits per heavy atom. The summed E-state index contributed by atoms with van der Waals surface area (Å²) in [5.74, 6) is -1.22. The molecular formula is C17H20ClFN2O3. The lowest BCUT2D eigenvalue weighted by Gasteiger charge is -2.42. The normalized spacial score (nSPS) is 23.0. The van der Waals surface area contributed by atoms with E-state index in [1.54, 1.807) is 0 Å². The van der Waals surface area contributed by atoms with Crippen molar-refractivity contribution in [2.24, 2.45) is 5.92 Å². The highest BCUT2D eigenvalue weighted by Gasteiger charge is 2.38. The molecule has 5 nitrogen and oxygen atoms in total. The van der Waals surface area contributed by atoms with Crippen molar-refractivity contribution in [3.63, 3.8) is 0 Å². The zero-order chi connectivity index (χ0) is 17.3. The summed E-state index contributed by atoms with van der Waals surface area (Å²) >= 11 is 5.82. The molecule has 0 aromatic heterocycles. The molecule has 2 aliphatic rings. The number of amides is 1. The van der Waals surface area contributed by atoms with Gasteiger partial charge in [0.2, 0.25) is 0 Å². The van der Waals surface area contributed by atoms with Crippen LogP contribution in [0, 0.1) is 11.7 Å². The molecule has 7 heteroatoms. The van der Waals surface area contributed by atoms with Gasteiger partial charge in [0.25, 0.3) is 5.91 Å². The van der Waals surface area contributed by atoms with Crippen LogP contribution in [0.2, 0.25) is 5.02 Å². The smallest absolute Gasteiger partial charge is 0.317 e. The first-order chi connectivity index (χ1) is 11.4. The summed E-state index contributed by atoms with van der Waals surface area (Å²) in [4.78, 5) is 25.2. The Morgan fingerprint density at radius 3 is 2.67 bits per heavy atom. The molecule has 0 radical (unpaired) electrons. The van der Waals surface area contributed by atoms with Crippen LogP contribution in [0.5, 0.6) is 0 Å². The van der Waals surface area contributed by atoms with Crippen LogP contribution >= 0.6 is 11.6 Å². The predicted molar refractivity (Wildman–Crippen MR) is 87.6 cm³/mol. The first-order valence-electron chi connectivity index (χ1n) is 8.14. The Kier molecular flexibility index (Phi) is 5.06. The van der Waals surface area contributed by atoms with E-state index in [0.717, 1.165) is 6.54 Å². The molecule has 2 aliphatic carbocycles. The largest absolute Gasteiger partial charge is 0.480 e. The van der Waals surface area contributed by atoms with Crippen LogP contribution in [0.15, 0.2) is 18.2 Å². The van der Waals surface area contributed by atoms with Crippen molar-refractivity contribution in [1.82, 2.24) is 10.2 Å². The number of benzene rings is 1. The Labute approximate surface area is 144 Å². The van der Waals surface area contributed by atoms with Crippen molar-refractivity contribution >= 4 is 23.5 Å². The van der Waals surface area contributed by atoms with Crippen LogP contribution in [0.4, 0.5) is 4.39 Å². The second-order valence-corrected chi connectivity index (χ2v) is 7.04. The van der Waals surface area contributed by atoms with Gasteiger partial charge in [-0.05, 0) is 43.7 Å². The van der Waals surface area contributed by atoms with Gasteiger partial charge in [-0.15, -0.1) is 0 Å². The van der Waals surface area contributed by atoms with Crippen LogP contribution in [0.1, 0.15) is 36.0 Å². The zero-order valence-corrected chi connectivity index (χ0v) is 13.9. The molecule has 1 aromatic carbocycles. The molecule has 0 unspecified atom stereocenters. The van der Waals surface area contributed by atoms with E-state index in [4.69, 9.17) is 16.7 Å². The van der Waals surface area contributed by atoms with Crippen LogP contribution in [-0.2, 0) is 4.79 Å². The lowest BCUT2D eigenvalue weighted by atomic mass is 9.85. The molecule has 0 atom stereocenters. The van der Waals surface area contributed by atoms with Gasteiger partial charge in [-0.3, -0.25) is 14.5 Å². The van der Waals surface area contributed by atoms with E-state index in [-0.39, 0.29) is 29.2 Å². The Hall–Kier alpha value is -1.66. The quantitative estimate of drug-likeness (QED) is 0.789. The SMILES string of the molecule is O=C(O)CN(CC1CC1)C1CC(NC(=O)c2cccc(F)c2Cl)C1. The van der Waals surface area contributed by atoms with Gasteiger partial charge < -0.3 is 10.4 Å². The highest BCUT2D eigenvalue weighted by molar-refractivity contribution is 6.34. The number of hydrogen-bond donors (Lipinski definition) is 2. The van der Waals surface area contributed by atoms with Crippen molar-refractivity contribution in [2.45, 2.75) is 37.8 Å². The number of halogens is 2. The summed E-state index contributed by atoms with van der Waals surface area (Å²) in [6.07, 6.45) is 3.75. The predicted octanol–water partition coefficient (Wildman–Crippen LogP) is 2.54. The molecule has 2 N–H and O–H groups in total. The molecule has 0 heterocycles. The number of carboxylic acids is 1. The third-order valence-electron chi connectivity index (χ3n) is 4.69. The van der Waals surface area contributed by atoms with Crippen LogP contribution in [-0.4, -0.2) is 47.1 Å². The van der Waals surface area contributed by atoms with Crippen molar-refractivity contribution in [2.75, 3.05) is 13.1 Å². The van der Waals surface area contributed by atoms with Crippen molar-refractivity contribution in [1.29, 1.82) is 0 Å². The monoisotopic (exact) mass is 354 g/mol. The standard InChI is InChI=1S/C17H20ClFN2O3/c18-16-13(2-1-3-14(16)19)17(24)20-11-6-12(7-11)21(9-15(22)23)8-10-4-5-10/h1-3,10-12H,4-9H2,(H,20,24)(H,22,23). The van der Waals surface area contributed by atoms with Gasteiger partial charge in [-0.2, -0.15) is 0 Å². The van der Waals surface area contributed by atoms with Gasteiger partial charge in [-0.1, -0.05) is 17.7 Å². The molecule has 1 amide bonds. The number of carboxylic acid groups (broad SMARTS) is 1. The van der Waals surface area contributed by atoms with Gasteiger partial charge in [0.05, 0.1) is 17.1 Å². The van der Waals surface area contributed by atoms with E-state index in [1.165, 1.54) is 31.0 Å². The third kappa shape index (κ3) is 4.05. The minimum absolute atomic E-state index is 0.0302. The number of rotatable bonds is 7. The fourth-order valence-corrected chi connectivity index (χ4v) is 3.31. The topological polar surface area (TPSA) is 69.6 Å². The first-order valence-corrected chi connectivity index (χ1v) is 8.52. The molecule has 0 aliphatic heterocycles. The summed E-state index contributed by atoms with van der Waals surface area (Å²) in [6, 6.07) is 4.29. The van der Waals surface area contributed by atoms with Crippen LogP contribution < -0.4 is 5.32 Å². The first kappa shape index (κ1) is 17.2. The van der Waals surface area contributed by atoms with Crippen LogP contribution in [0.3, 0.4) is 0 Å². The number of hydrogen-bond acceptors (Lipinski definition) is 3. The molecule has 0 spiro atoms. The molecule has 0 saturated heterocycles. The number of nitrogens with zero attached hydrogens (tertiary/aromatic N) is 1. The van der Waals surface area contributed by atoms with E-state index in [2.05, 4.69) is 5.32 Å². The fourth-order valence-electron chi connectivity index (χ4n) is 3.09.